The minimum atomic E-state index is -0.531. The van der Waals surface area contributed by atoms with Crippen molar-refractivity contribution >= 4 is 39.7 Å². The standard InChI is InChI=1S/C16H18ClFN4OS/c1-11(15(23)20-14-3-2-12(17)10-13(14)18)21-5-7-22(8-6-21)16-19-4-9-24-16/h2-4,9-11H,5-8H2,1H3,(H,20,23)/t11-/m0/s1. The van der Waals surface area contributed by atoms with Gasteiger partial charge in [-0.15, -0.1) is 11.3 Å². The van der Waals surface area contributed by atoms with E-state index in [1.807, 2.05) is 12.3 Å². The lowest BCUT2D eigenvalue weighted by atomic mass is 10.2. The first-order valence-corrected chi connectivity index (χ1v) is 8.95. The number of halogens is 2. The predicted octanol–water partition coefficient (Wildman–Crippen LogP) is 3.08. The van der Waals surface area contributed by atoms with E-state index in [2.05, 4.69) is 20.1 Å². The summed E-state index contributed by atoms with van der Waals surface area (Å²) in [5, 5.41) is 5.90. The minimum Gasteiger partial charge on any atom is -0.346 e. The minimum absolute atomic E-state index is 0.151. The molecular formula is C16H18ClFN4OS. The van der Waals surface area contributed by atoms with E-state index in [9.17, 15) is 9.18 Å². The van der Waals surface area contributed by atoms with Crippen LogP contribution in [0, 0.1) is 5.82 Å². The Hall–Kier alpha value is -1.70. The van der Waals surface area contributed by atoms with Crippen LogP contribution < -0.4 is 10.2 Å². The van der Waals surface area contributed by atoms with Crippen LogP contribution in [-0.2, 0) is 4.79 Å². The highest BCUT2D eigenvalue weighted by molar-refractivity contribution is 7.13. The molecule has 24 heavy (non-hydrogen) atoms. The van der Waals surface area contributed by atoms with Crippen LogP contribution in [0.25, 0.3) is 0 Å². The predicted molar refractivity (Wildman–Crippen MR) is 95.4 cm³/mol. The van der Waals surface area contributed by atoms with Gasteiger partial charge in [0.1, 0.15) is 5.82 Å². The second-order valence-electron chi connectivity index (χ2n) is 5.63. The second kappa shape index (κ2) is 7.46. The number of rotatable bonds is 4. The zero-order valence-electron chi connectivity index (χ0n) is 13.2. The van der Waals surface area contributed by atoms with E-state index >= 15 is 0 Å². The van der Waals surface area contributed by atoms with Gasteiger partial charge >= 0.3 is 0 Å². The van der Waals surface area contributed by atoms with Gasteiger partial charge < -0.3 is 10.2 Å². The van der Waals surface area contributed by atoms with Gasteiger partial charge in [-0.1, -0.05) is 11.6 Å². The Kier molecular flexibility index (Phi) is 5.33. The molecule has 1 saturated heterocycles. The number of anilines is 2. The van der Waals surface area contributed by atoms with Gasteiger partial charge in [-0.3, -0.25) is 9.69 Å². The molecule has 3 rings (SSSR count). The Morgan fingerprint density at radius 1 is 1.38 bits per heavy atom. The molecule has 1 atom stereocenters. The van der Waals surface area contributed by atoms with Gasteiger partial charge in [-0.2, -0.15) is 0 Å². The maximum Gasteiger partial charge on any atom is 0.241 e. The van der Waals surface area contributed by atoms with Crippen LogP contribution in [0.2, 0.25) is 5.02 Å². The summed E-state index contributed by atoms with van der Waals surface area (Å²) in [5.41, 5.74) is 0.151. The number of amides is 1. The van der Waals surface area contributed by atoms with E-state index in [4.69, 9.17) is 11.6 Å². The molecule has 0 unspecified atom stereocenters. The lowest BCUT2D eigenvalue weighted by molar-refractivity contribution is -0.120. The molecule has 1 aliphatic rings. The molecule has 1 N–H and O–H groups in total. The summed E-state index contributed by atoms with van der Waals surface area (Å²) in [6, 6.07) is 3.88. The maximum atomic E-state index is 13.8. The van der Waals surface area contributed by atoms with E-state index in [-0.39, 0.29) is 17.6 Å². The molecule has 0 saturated carbocycles. The Labute approximate surface area is 149 Å². The fourth-order valence-electron chi connectivity index (χ4n) is 2.67. The van der Waals surface area contributed by atoms with E-state index in [0.29, 0.717) is 5.02 Å². The number of thiazole rings is 1. The van der Waals surface area contributed by atoms with Crippen molar-refractivity contribution in [2.24, 2.45) is 0 Å². The number of carbonyl (C=O) groups is 1. The first-order valence-electron chi connectivity index (χ1n) is 7.69. The lowest BCUT2D eigenvalue weighted by Crippen LogP contribution is -2.52. The number of carbonyl (C=O) groups excluding carboxylic acids is 1. The van der Waals surface area contributed by atoms with E-state index in [0.717, 1.165) is 31.3 Å². The smallest absolute Gasteiger partial charge is 0.241 e. The number of hydrogen-bond acceptors (Lipinski definition) is 5. The molecule has 2 aromatic rings. The number of aromatic nitrogens is 1. The summed E-state index contributed by atoms with van der Waals surface area (Å²) >= 11 is 7.34. The molecule has 128 valence electrons. The third-order valence-electron chi connectivity index (χ3n) is 4.12. The number of piperazine rings is 1. The van der Waals surface area contributed by atoms with Crippen LogP contribution >= 0.6 is 22.9 Å². The normalized spacial score (nSPS) is 16.9. The van der Waals surface area contributed by atoms with Gasteiger partial charge in [0.2, 0.25) is 5.91 Å². The van der Waals surface area contributed by atoms with Crippen LogP contribution in [0.5, 0.6) is 0 Å². The van der Waals surface area contributed by atoms with Crippen molar-refractivity contribution in [2.45, 2.75) is 13.0 Å². The first-order chi connectivity index (χ1) is 11.5. The van der Waals surface area contributed by atoms with E-state index in [1.165, 1.54) is 12.1 Å². The summed E-state index contributed by atoms with van der Waals surface area (Å²) < 4.78 is 13.8. The van der Waals surface area contributed by atoms with Crippen molar-refractivity contribution < 1.29 is 9.18 Å². The summed E-state index contributed by atoms with van der Waals surface area (Å²) in [6.45, 7) is 5.00. The average molecular weight is 369 g/mol. The highest BCUT2D eigenvalue weighted by Crippen LogP contribution is 2.21. The third kappa shape index (κ3) is 3.85. The number of hydrogen-bond donors (Lipinski definition) is 1. The second-order valence-corrected chi connectivity index (χ2v) is 6.94. The SMILES string of the molecule is C[C@@H](C(=O)Nc1ccc(Cl)cc1F)N1CCN(c2nccs2)CC1. The highest BCUT2D eigenvalue weighted by atomic mass is 35.5. The molecule has 8 heteroatoms. The van der Waals surface area contributed by atoms with Crippen molar-refractivity contribution in [1.82, 2.24) is 9.88 Å². The summed E-state index contributed by atoms with van der Waals surface area (Å²) in [4.78, 5) is 21.0. The van der Waals surface area contributed by atoms with Crippen molar-refractivity contribution in [3.05, 3.63) is 40.6 Å². The van der Waals surface area contributed by atoms with E-state index in [1.54, 1.807) is 23.6 Å². The molecule has 1 fully saturated rings. The molecule has 1 aromatic carbocycles. The third-order valence-corrected chi connectivity index (χ3v) is 5.19. The lowest BCUT2D eigenvalue weighted by Gasteiger charge is -2.37. The van der Waals surface area contributed by atoms with Crippen LogP contribution in [-0.4, -0.2) is 48.0 Å². The Morgan fingerprint density at radius 3 is 2.75 bits per heavy atom. The van der Waals surface area contributed by atoms with Gasteiger partial charge in [0.05, 0.1) is 11.7 Å². The monoisotopic (exact) mass is 368 g/mol. The zero-order valence-corrected chi connectivity index (χ0v) is 14.8. The molecule has 1 aromatic heterocycles. The summed E-state index contributed by atoms with van der Waals surface area (Å²) in [5.74, 6) is -0.754. The van der Waals surface area contributed by atoms with Gasteiger partial charge in [-0.05, 0) is 25.1 Å². The highest BCUT2D eigenvalue weighted by Gasteiger charge is 2.26. The van der Waals surface area contributed by atoms with Crippen LogP contribution in [0.4, 0.5) is 15.2 Å². The molecule has 0 radical (unpaired) electrons. The average Bonchev–Trinajstić information content (AvgIpc) is 3.11. The summed E-state index contributed by atoms with van der Waals surface area (Å²) in [6.07, 6.45) is 1.79. The van der Waals surface area contributed by atoms with Gasteiger partial charge in [-0.25, -0.2) is 9.37 Å². The Morgan fingerprint density at radius 2 is 2.12 bits per heavy atom. The fraction of sp³-hybridized carbons (Fsp3) is 0.375. The molecule has 0 aliphatic carbocycles. The summed E-state index contributed by atoms with van der Waals surface area (Å²) in [7, 11) is 0. The van der Waals surface area contributed by atoms with Crippen LogP contribution in [0.15, 0.2) is 29.8 Å². The van der Waals surface area contributed by atoms with Gasteiger partial charge in [0.15, 0.2) is 5.13 Å². The molecule has 1 amide bonds. The molecular weight excluding hydrogens is 351 g/mol. The molecule has 0 spiro atoms. The van der Waals surface area contributed by atoms with Crippen molar-refractivity contribution in [2.75, 3.05) is 36.4 Å². The fourth-order valence-corrected chi connectivity index (χ4v) is 3.52. The topological polar surface area (TPSA) is 48.5 Å². The van der Waals surface area contributed by atoms with Crippen molar-refractivity contribution in [3.63, 3.8) is 0 Å². The largest absolute Gasteiger partial charge is 0.346 e. The quantitative estimate of drug-likeness (QED) is 0.901. The molecule has 2 heterocycles. The van der Waals surface area contributed by atoms with Crippen LogP contribution in [0.3, 0.4) is 0 Å². The Balaban J connectivity index is 1.56. The van der Waals surface area contributed by atoms with Crippen LogP contribution in [0.1, 0.15) is 6.92 Å². The van der Waals surface area contributed by atoms with Crippen molar-refractivity contribution in [1.29, 1.82) is 0 Å². The molecule has 5 nitrogen and oxygen atoms in total. The van der Waals surface area contributed by atoms with Gasteiger partial charge in [0.25, 0.3) is 0 Å². The zero-order chi connectivity index (χ0) is 17.1. The molecule has 1 aliphatic heterocycles. The number of nitrogens with one attached hydrogen (secondary N) is 1. The number of benzene rings is 1. The van der Waals surface area contributed by atoms with E-state index < -0.39 is 5.82 Å². The van der Waals surface area contributed by atoms with Gasteiger partial charge in [0, 0.05) is 42.8 Å². The first kappa shape index (κ1) is 17.1. The Bertz CT molecular complexity index is 704. The maximum absolute atomic E-state index is 13.8. The van der Waals surface area contributed by atoms with Crippen molar-refractivity contribution in [3.8, 4) is 0 Å². The number of nitrogens with zero attached hydrogens (tertiary/aromatic N) is 3. The molecule has 0 bridgehead atoms.